The van der Waals surface area contributed by atoms with Crippen molar-refractivity contribution in [3.63, 3.8) is 0 Å². The first-order chi connectivity index (χ1) is 10.4. The van der Waals surface area contributed by atoms with E-state index in [4.69, 9.17) is 11.6 Å². The SMILES string of the molecule is CCC(=O)OCOC(=O)N=C(Cl)NC(=O)OCOC(=O)CP. The summed E-state index contributed by atoms with van der Waals surface area (Å²) in [4.78, 5) is 46.8. The maximum absolute atomic E-state index is 11.1. The Morgan fingerprint density at radius 3 is 2.23 bits per heavy atom. The number of amidine groups is 1. The van der Waals surface area contributed by atoms with Crippen LogP contribution in [-0.4, -0.2) is 49.2 Å². The van der Waals surface area contributed by atoms with Gasteiger partial charge in [-0.3, -0.25) is 14.9 Å². The number of ether oxygens (including phenoxy) is 4. The minimum Gasteiger partial charge on any atom is -0.428 e. The third-order valence-corrected chi connectivity index (χ3v) is 2.17. The molecule has 0 saturated heterocycles. The molecule has 1 unspecified atom stereocenters. The van der Waals surface area contributed by atoms with Crippen LogP contribution in [0.3, 0.4) is 0 Å². The number of aliphatic imine (C=N–C) groups is 1. The van der Waals surface area contributed by atoms with Gasteiger partial charge in [0.2, 0.25) is 18.9 Å². The van der Waals surface area contributed by atoms with Crippen LogP contribution in [0.1, 0.15) is 13.3 Å². The van der Waals surface area contributed by atoms with Crippen molar-refractivity contribution in [2.45, 2.75) is 13.3 Å². The van der Waals surface area contributed by atoms with E-state index in [9.17, 15) is 19.2 Å². The Balaban J connectivity index is 3.99. The first-order valence-electron chi connectivity index (χ1n) is 5.75. The van der Waals surface area contributed by atoms with Gasteiger partial charge in [-0.1, -0.05) is 6.92 Å². The molecule has 0 aromatic rings. The highest BCUT2D eigenvalue weighted by molar-refractivity contribution is 7.18. The predicted molar refractivity (Wildman–Crippen MR) is 76.2 cm³/mol. The molecule has 0 saturated carbocycles. The van der Waals surface area contributed by atoms with E-state index in [1.165, 1.54) is 0 Å². The van der Waals surface area contributed by atoms with Gasteiger partial charge in [-0.05, 0) is 11.6 Å². The summed E-state index contributed by atoms with van der Waals surface area (Å²) in [5.41, 5.74) is 0. The van der Waals surface area contributed by atoms with Gasteiger partial charge < -0.3 is 18.9 Å². The highest BCUT2D eigenvalue weighted by Gasteiger charge is 2.09. The summed E-state index contributed by atoms with van der Waals surface area (Å²) < 4.78 is 17.7. The van der Waals surface area contributed by atoms with Crippen molar-refractivity contribution in [1.29, 1.82) is 0 Å². The quantitative estimate of drug-likeness (QED) is 0.184. The molecule has 0 aliphatic carbocycles. The summed E-state index contributed by atoms with van der Waals surface area (Å²) in [6, 6.07) is 0. The molecule has 0 spiro atoms. The molecule has 1 N–H and O–H groups in total. The lowest BCUT2D eigenvalue weighted by Crippen LogP contribution is -2.29. The van der Waals surface area contributed by atoms with E-state index in [0.29, 0.717) is 0 Å². The Morgan fingerprint density at radius 2 is 1.64 bits per heavy atom. The minimum absolute atomic E-state index is 0.0433. The lowest BCUT2D eigenvalue weighted by Gasteiger charge is -2.06. The van der Waals surface area contributed by atoms with Gasteiger partial charge in [-0.25, -0.2) is 9.59 Å². The summed E-state index contributed by atoms with van der Waals surface area (Å²) in [7, 11) is 2.13. The van der Waals surface area contributed by atoms with Crippen molar-refractivity contribution < 1.29 is 38.1 Å². The van der Waals surface area contributed by atoms with Gasteiger partial charge in [-0.15, -0.1) is 14.2 Å². The van der Waals surface area contributed by atoms with Crippen LogP contribution >= 0.6 is 20.8 Å². The second-order valence-corrected chi connectivity index (χ2v) is 3.96. The van der Waals surface area contributed by atoms with Crippen molar-refractivity contribution >= 4 is 50.3 Å². The van der Waals surface area contributed by atoms with Gasteiger partial charge in [0.15, 0.2) is 0 Å². The molecule has 1 atom stereocenters. The van der Waals surface area contributed by atoms with Crippen LogP contribution < -0.4 is 5.32 Å². The van der Waals surface area contributed by atoms with Crippen molar-refractivity contribution in [2.75, 3.05) is 19.7 Å². The van der Waals surface area contributed by atoms with Gasteiger partial charge >= 0.3 is 24.1 Å². The summed E-state index contributed by atoms with van der Waals surface area (Å²) in [5.74, 6) is -1.16. The zero-order valence-electron chi connectivity index (χ0n) is 11.5. The number of rotatable bonds is 6. The Kier molecular flexibility index (Phi) is 10.7. The van der Waals surface area contributed by atoms with Crippen molar-refractivity contribution in [1.82, 2.24) is 5.32 Å². The third kappa shape index (κ3) is 10.8. The number of hydrogen-bond acceptors (Lipinski definition) is 8. The number of hydrogen-bond donors (Lipinski definition) is 1. The van der Waals surface area contributed by atoms with E-state index in [1.807, 2.05) is 5.32 Å². The van der Waals surface area contributed by atoms with E-state index in [1.54, 1.807) is 6.92 Å². The summed E-state index contributed by atoms with van der Waals surface area (Å²) >= 11 is 5.43. The van der Waals surface area contributed by atoms with Crippen LogP contribution in [0.2, 0.25) is 0 Å². The first-order valence-corrected chi connectivity index (χ1v) is 6.94. The Morgan fingerprint density at radius 1 is 1.05 bits per heavy atom. The number of amides is 2. The zero-order chi connectivity index (χ0) is 17.0. The molecular formula is C10H14ClN2O8P. The topological polar surface area (TPSA) is 130 Å². The van der Waals surface area contributed by atoms with Crippen molar-refractivity contribution in [3.05, 3.63) is 0 Å². The van der Waals surface area contributed by atoms with Crippen LogP contribution in [-0.2, 0) is 28.5 Å². The van der Waals surface area contributed by atoms with Gasteiger partial charge in [-0.2, -0.15) is 0 Å². The fourth-order valence-electron chi connectivity index (χ4n) is 0.716. The molecule has 0 heterocycles. The molecular weight excluding hydrogens is 343 g/mol. The van der Waals surface area contributed by atoms with E-state index in [2.05, 4.69) is 33.2 Å². The Hall–Kier alpha value is -1.93. The van der Waals surface area contributed by atoms with Crippen LogP contribution in [0.4, 0.5) is 9.59 Å². The number of halogens is 1. The van der Waals surface area contributed by atoms with E-state index in [-0.39, 0.29) is 12.6 Å². The number of nitrogens with one attached hydrogen (secondary N) is 1. The van der Waals surface area contributed by atoms with Gasteiger partial charge in [0.25, 0.3) is 0 Å². The molecule has 0 aliphatic rings. The molecule has 2 amide bonds. The van der Waals surface area contributed by atoms with Gasteiger partial charge in [0, 0.05) is 6.42 Å². The fourth-order valence-corrected chi connectivity index (χ4v) is 0.980. The lowest BCUT2D eigenvalue weighted by molar-refractivity contribution is -0.151. The highest BCUT2D eigenvalue weighted by atomic mass is 35.5. The maximum Gasteiger partial charge on any atom is 0.439 e. The van der Waals surface area contributed by atoms with Crippen LogP contribution in [0.15, 0.2) is 4.99 Å². The average molecular weight is 357 g/mol. The molecule has 124 valence electrons. The third-order valence-electron chi connectivity index (χ3n) is 1.66. The largest absolute Gasteiger partial charge is 0.439 e. The lowest BCUT2D eigenvalue weighted by atomic mass is 10.5. The van der Waals surface area contributed by atoms with Crippen molar-refractivity contribution in [2.24, 2.45) is 4.99 Å². The number of alkyl carbamates (subject to hydrolysis) is 1. The van der Waals surface area contributed by atoms with E-state index < -0.39 is 43.0 Å². The number of nitrogens with zero attached hydrogens (tertiary/aromatic N) is 1. The molecule has 0 rings (SSSR count). The average Bonchev–Trinajstić information content (AvgIpc) is 2.46. The van der Waals surface area contributed by atoms with Crippen LogP contribution in [0, 0.1) is 0 Å². The fraction of sp³-hybridized carbons (Fsp3) is 0.500. The molecule has 0 fully saturated rings. The summed E-state index contributed by atoms with van der Waals surface area (Å²) in [6.45, 7) is 0.306. The Labute approximate surface area is 132 Å². The van der Waals surface area contributed by atoms with E-state index >= 15 is 0 Å². The number of carbonyl (C=O) groups excluding carboxylic acids is 4. The summed E-state index contributed by atoms with van der Waals surface area (Å²) in [5, 5.41) is 1.22. The van der Waals surface area contributed by atoms with Gasteiger partial charge in [0.1, 0.15) is 0 Å². The maximum atomic E-state index is 11.1. The van der Waals surface area contributed by atoms with Crippen molar-refractivity contribution in [3.8, 4) is 0 Å². The zero-order valence-corrected chi connectivity index (χ0v) is 13.4. The molecule has 0 radical (unpaired) electrons. The molecule has 0 aromatic heterocycles. The van der Waals surface area contributed by atoms with E-state index in [0.717, 1.165) is 0 Å². The van der Waals surface area contributed by atoms with Gasteiger partial charge in [0.05, 0.1) is 6.16 Å². The number of esters is 2. The molecule has 10 nitrogen and oxygen atoms in total. The predicted octanol–water partition coefficient (Wildman–Crippen LogP) is 0.730. The highest BCUT2D eigenvalue weighted by Crippen LogP contribution is 1.93. The molecule has 0 aromatic carbocycles. The second kappa shape index (κ2) is 11.7. The number of carbonyl (C=O) groups is 4. The normalized spacial score (nSPS) is 10.4. The Bertz CT molecular complexity index is 456. The standard InChI is InChI=1S/C10H14ClN2O8P/c1-2-6(14)18-4-20-9(16)12-8(11)13-10(17)21-5-19-7(15)3-22/h2-5,22H2,1H3,(H,12,13,16,17). The molecule has 22 heavy (non-hydrogen) atoms. The molecule has 12 heteroatoms. The van der Waals surface area contributed by atoms with Crippen LogP contribution in [0.25, 0.3) is 0 Å². The monoisotopic (exact) mass is 356 g/mol. The molecule has 0 bridgehead atoms. The summed E-state index contributed by atoms with van der Waals surface area (Å²) in [6.07, 6.45) is -2.13. The molecule has 0 aliphatic heterocycles. The first kappa shape index (κ1) is 20.1. The van der Waals surface area contributed by atoms with Crippen LogP contribution in [0.5, 0.6) is 0 Å². The second-order valence-electron chi connectivity index (χ2n) is 3.20. The minimum atomic E-state index is -1.19. The smallest absolute Gasteiger partial charge is 0.428 e.